The topological polar surface area (TPSA) is 4.93 Å². The minimum atomic E-state index is 1.16. The van der Waals surface area contributed by atoms with Gasteiger partial charge in [0.1, 0.15) is 0 Å². The van der Waals surface area contributed by atoms with Crippen LogP contribution in [0.2, 0.25) is 0 Å². The first-order chi connectivity index (χ1) is 6.79. The van der Waals surface area contributed by atoms with Crippen LogP contribution in [0, 0.1) is 6.92 Å². The summed E-state index contributed by atoms with van der Waals surface area (Å²) in [4.78, 5) is 0. The lowest BCUT2D eigenvalue weighted by molar-refractivity contribution is 0.575. The number of nitrogens with zero attached hydrogens (tertiary/aromatic N) is 1. The van der Waals surface area contributed by atoms with Gasteiger partial charge in [0.2, 0.25) is 0 Å². The highest BCUT2D eigenvalue weighted by molar-refractivity contribution is 5.20. The van der Waals surface area contributed by atoms with Gasteiger partial charge in [-0.05, 0) is 31.4 Å². The van der Waals surface area contributed by atoms with Gasteiger partial charge < -0.3 is 4.57 Å². The fraction of sp³-hybridized carbons (Fsp3) is 0.692. The second-order valence-electron chi connectivity index (χ2n) is 4.03. The first kappa shape index (κ1) is 11.4. The Morgan fingerprint density at radius 3 is 2.50 bits per heavy atom. The van der Waals surface area contributed by atoms with Crippen molar-refractivity contribution < 1.29 is 0 Å². The number of hydrogen-bond acceptors (Lipinski definition) is 0. The number of rotatable bonds is 6. The SMILES string of the molecule is CCCCCCn1ccc(CC)c1C. The molecule has 0 aliphatic rings. The first-order valence-corrected chi connectivity index (χ1v) is 5.94. The van der Waals surface area contributed by atoms with Crippen molar-refractivity contribution in [3.63, 3.8) is 0 Å². The van der Waals surface area contributed by atoms with Gasteiger partial charge in [-0.3, -0.25) is 0 Å². The minimum absolute atomic E-state index is 1.16. The highest BCUT2D eigenvalue weighted by atomic mass is 15.0. The maximum absolute atomic E-state index is 2.40. The van der Waals surface area contributed by atoms with Gasteiger partial charge in [0.05, 0.1) is 0 Å². The molecule has 0 bridgehead atoms. The summed E-state index contributed by atoms with van der Waals surface area (Å²) in [7, 11) is 0. The van der Waals surface area contributed by atoms with Gasteiger partial charge in [0.25, 0.3) is 0 Å². The Morgan fingerprint density at radius 2 is 1.93 bits per heavy atom. The molecule has 0 atom stereocenters. The third kappa shape index (κ3) is 2.90. The first-order valence-electron chi connectivity index (χ1n) is 5.94. The predicted molar refractivity (Wildman–Crippen MR) is 62.7 cm³/mol. The highest BCUT2D eigenvalue weighted by Gasteiger charge is 2.01. The van der Waals surface area contributed by atoms with Crippen LogP contribution in [0.15, 0.2) is 12.3 Å². The summed E-state index contributed by atoms with van der Waals surface area (Å²) >= 11 is 0. The average molecular weight is 193 g/mol. The molecule has 14 heavy (non-hydrogen) atoms. The van der Waals surface area contributed by atoms with E-state index < -0.39 is 0 Å². The molecule has 0 fully saturated rings. The van der Waals surface area contributed by atoms with Gasteiger partial charge in [0, 0.05) is 18.4 Å². The van der Waals surface area contributed by atoms with E-state index in [1.165, 1.54) is 43.5 Å². The molecule has 1 rings (SSSR count). The molecule has 0 unspecified atom stereocenters. The average Bonchev–Trinajstić information content (AvgIpc) is 2.55. The van der Waals surface area contributed by atoms with E-state index in [2.05, 4.69) is 37.6 Å². The van der Waals surface area contributed by atoms with E-state index in [-0.39, 0.29) is 0 Å². The molecule has 0 aromatic carbocycles. The van der Waals surface area contributed by atoms with Crippen LogP contribution in [-0.4, -0.2) is 4.57 Å². The molecule has 0 radical (unpaired) electrons. The zero-order chi connectivity index (χ0) is 10.4. The predicted octanol–water partition coefficient (Wildman–Crippen LogP) is 3.94. The van der Waals surface area contributed by atoms with Crippen LogP contribution < -0.4 is 0 Å². The lowest BCUT2D eigenvalue weighted by Gasteiger charge is -2.06. The smallest absolute Gasteiger partial charge is 0.0222 e. The Morgan fingerprint density at radius 1 is 1.14 bits per heavy atom. The van der Waals surface area contributed by atoms with Gasteiger partial charge in [-0.25, -0.2) is 0 Å². The van der Waals surface area contributed by atoms with Crippen molar-refractivity contribution in [1.29, 1.82) is 0 Å². The maximum Gasteiger partial charge on any atom is 0.0222 e. The summed E-state index contributed by atoms with van der Waals surface area (Å²) in [5.41, 5.74) is 2.96. The van der Waals surface area contributed by atoms with E-state index in [0.717, 1.165) is 6.42 Å². The quantitative estimate of drug-likeness (QED) is 0.603. The molecular weight excluding hydrogens is 170 g/mol. The summed E-state index contributed by atoms with van der Waals surface area (Å²) in [6.45, 7) is 7.92. The lowest BCUT2D eigenvalue weighted by Crippen LogP contribution is -1.99. The van der Waals surface area contributed by atoms with Crippen LogP contribution in [0.1, 0.15) is 50.8 Å². The monoisotopic (exact) mass is 193 g/mol. The molecule has 0 aliphatic carbocycles. The van der Waals surface area contributed by atoms with Crippen molar-refractivity contribution in [2.24, 2.45) is 0 Å². The second-order valence-corrected chi connectivity index (χ2v) is 4.03. The van der Waals surface area contributed by atoms with Gasteiger partial charge in [0.15, 0.2) is 0 Å². The lowest BCUT2D eigenvalue weighted by atomic mass is 10.2. The Balaban J connectivity index is 2.39. The van der Waals surface area contributed by atoms with E-state index in [1.807, 2.05) is 0 Å². The van der Waals surface area contributed by atoms with Crippen molar-refractivity contribution in [2.75, 3.05) is 0 Å². The molecule has 1 aromatic heterocycles. The summed E-state index contributed by atoms with van der Waals surface area (Å²) in [6.07, 6.45) is 8.79. The fourth-order valence-electron chi connectivity index (χ4n) is 1.92. The summed E-state index contributed by atoms with van der Waals surface area (Å²) in [5.74, 6) is 0. The van der Waals surface area contributed by atoms with E-state index in [1.54, 1.807) is 0 Å². The van der Waals surface area contributed by atoms with Crippen molar-refractivity contribution in [3.8, 4) is 0 Å². The summed E-state index contributed by atoms with van der Waals surface area (Å²) in [6, 6.07) is 2.26. The number of hydrogen-bond donors (Lipinski definition) is 0. The molecule has 0 amide bonds. The molecule has 0 N–H and O–H groups in total. The van der Waals surface area contributed by atoms with E-state index in [4.69, 9.17) is 0 Å². The molecule has 0 spiro atoms. The van der Waals surface area contributed by atoms with Crippen LogP contribution in [0.25, 0.3) is 0 Å². The van der Waals surface area contributed by atoms with Crippen LogP contribution in [0.5, 0.6) is 0 Å². The van der Waals surface area contributed by atoms with E-state index in [9.17, 15) is 0 Å². The van der Waals surface area contributed by atoms with Crippen molar-refractivity contribution >= 4 is 0 Å². The second kappa shape index (κ2) is 5.90. The number of aryl methyl sites for hydroxylation is 2. The molecule has 0 aliphatic heterocycles. The van der Waals surface area contributed by atoms with Crippen molar-refractivity contribution in [1.82, 2.24) is 4.57 Å². The van der Waals surface area contributed by atoms with Gasteiger partial charge >= 0.3 is 0 Å². The van der Waals surface area contributed by atoms with Gasteiger partial charge in [-0.15, -0.1) is 0 Å². The zero-order valence-electron chi connectivity index (χ0n) is 9.84. The molecule has 1 heteroatoms. The zero-order valence-corrected chi connectivity index (χ0v) is 9.84. The highest BCUT2D eigenvalue weighted by Crippen LogP contribution is 2.12. The molecule has 1 heterocycles. The molecule has 0 saturated carbocycles. The Hall–Kier alpha value is -0.720. The minimum Gasteiger partial charge on any atom is -0.351 e. The summed E-state index contributed by atoms with van der Waals surface area (Å²) < 4.78 is 2.40. The standard InChI is InChI=1S/C13H23N/c1-4-6-7-8-10-14-11-9-13(5-2)12(14)3/h9,11H,4-8,10H2,1-3H3. The molecule has 1 nitrogen and oxygen atoms in total. The maximum atomic E-state index is 2.40. The van der Waals surface area contributed by atoms with Crippen molar-refractivity contribution in [3.05, 3.63) is 23.5 Å². The van der Waals surface area contributed by atoms with Crippen LogP contribution in [0.3, 0.4) is 0 Å². The Kier molecular flexibility index (Phi) is 4.78. The summed E-state index contributed by atoms with van der Waals surface area (Å²) in [5, 5.41) is 0. The molecular formula is C13H23N. The van der Waals surface area contributed by atoms with Gasteiger partial charge in [-0.2, -0.15) is 0 Å². The largest absolute Gasteiger partial charge is 0.351 e. The van der Waals surface area contributed by atoms with E-state index >= 15 is 0 Å². The third-order valence-electron chi connectivity index (χ3n) is 2.98. The Labute approximate surface area is 88.1 Å². The van der Waals surface area contributed by atoms with Crippen molar-refractivity contribution in [2.45, 2.75) is 59.4 Å². The molecule has 0 saturated heterocycles. The van der Waals surface area contributed by atoms with Crippen LogP contribution >= 0.6 is 0 Å². The molecule has 1 aromatic rings. The van der Waals surface area contributed by atoms with Crippen LogP contribution in [-0.2, 0) is 13.0 Å². The number of aromatic nitrogens is 1. The third-order valence-corrected chi connectivity index (χ3v) is 2.98. The number of unbranched alkanes of at least 4 members (excludes halogenated alkanes) is 3. The Bertz CT molecular complexity index is 260. The fourth-order valence-corrected chi connectivity index (χ4v) is 1.92. The van der Waals surface area contributed by atoms with Gasteiger partial charge in [-0.1, -0.05) is 33.1 Å². The normalized spacial score (nSPS) is 10.8. The van der Waals surface area contributed by atoms with Crippen LogP contribution in [0.4, 0.5) is 0 Å². The van der Waals surface area contributed by atoms with E-state index in [0.29, 0.717) is 0 Å². The molecule has 80 valence electrons.